The van der Waals surface area contributed by atoms with Crippen LogP contribution in [0.3, 0.4) is 0 Å². The fraction of sp³-hybridized carbons (Fsp3) is 0.250. The molecule has 2 aromatic rings. The third-order valence-electron chi connectivity index (χ3n) is 3.90. The third-order valence-corrected chi connectivity index (χ3v) is 4.97. The van der Waals surface area contributed by atoms with Crippen molar-refractivity contribution < 1.29 is 17.6 Å². The molecule has 0 bridgehead atoms. The molecule has 0 saturated heterocycles. The van der Waals surface area contributed by atoms with Gasteiger partial charge in [-0.05, 0) is 43.0 Å². The number of halogens is 1. The van der Waals surface area contributed by atoms with E-state index in [9.17, 15) is 13.2 Å². The van der Waals surface area contributed by atoms with E-state index >= 15 is 0 Å². The van der Waals surface area contributed by atoms with Gasteiger partial charge in [0.15, 0.2) is 16.5 Å². The van der Waals surface area contributed by atoms with Crippen LogP contribution in [0.5, 0.6) is 0 Å². The van der Waals surface area contributed by atoms with E-state index in [1.165, 1.54) is 18.6 Å². The van der Waals surface area contributed by atoms with Crippen molar-refractivity contribution in [1.29, 1.82) is 0 Å². The van der Waals surface area contributed by atoms with Crippen LogP contribution in [-0.4, -0.2) is 20.5 Å². The van der Waals surface area contributed by atoms with E-state index in [0.717, 1.165) is 18.4 Å². The van der Waals surface area contributed by atoms with Gasteiger partial charge in [-0.2, -0.15) is 0 Å². The number of rotatable bonds is 3. The van der Waals surface area contributed by atoms with Crippen molar-refractivity contribution in [2.75, 3.05) is 0 Å². The zero-order valence-corrected chi connectivity index (χ0v) is 13.9. The number of aliphatic imine (C=N–C) groups is 1. The largest absolute Gasteiger partial charge is 0.455 e. The van der Waals surface area contributed by atoms with Crippen LogP contribution in [0.4, 0.5) is 0 Å². The Morgan fingerprint density at radius 2 is 2.17 bits per heavy atom. The Labute approximate surface area is 139 Å². The lowest BCUT2D eigenvalue weighted by Gasteiger charge is -2.04. The predicted molar refractivity (Wildman–Crippen MR) is 87.4 cm³/mol. The first-order valence-corrected chi connectivity index (χ1v) is 8.63. The fourth-order valence-electron chi connectivity index (χ4n) is 2.75. The summed E-state index contributed by atoms with van der Waals surface area (Å²) in [7, 11) is -2.79. The molecule has 1 aliphatic rings. The number of fused-ring (bicyclic) bond motifs is 1. The van der Waals surface area contributed by atoms with E-state index in [1.807, 2.05) is 18.2 Å². The zero-order chi connectivity index (χ0) is 16.6. The fourth-order valence-corrected chi connectivity index (χ4v) is 3.47. The van der Waals surface area contributed by atoms with E-state index in [0.29, 0.717) is 5.02 Å². The molecule has 5 nitrogen and oxygen atoms in total. The molecule has 0 radical (unpaired) electrons. The number of thiol groups is 1. The van der Waals surface area contributed by atoms with Crippen molar-refractivity contribution in [3.63, 3.8) is 0 Å². The van der Waals surface area contributed by atoms with Gasteiger partial charge in [-0.3, -0.25) is 4.79 Å². The van der Waals surface area contributed by atoms with E-state index in [4.69, 9.17) is 16.0 Å². The molecule has 1 aromatic carbocycles. The second-order valence-electron chi connectivity index (χ2n) is 5.38. The number of carbonyl (C=O) groups is 1. The predicted octanol–water partition coefficient (Wildman–Crippen LogP) is 3.15. The van der Waals surface area contributed by atoms with Gasteiger partial charge in [0.1, 0.15) is 10.7 Å². The highest BCUT2D eigenvalue weighted by molar-refractivity contribution is 7.72. The molecule has 120 valence electrons. The first-order chi connectivity index (χ1) is 11.0. The van der Waals surface area contributed by atoms with Gasteiger partial charge in [0.2, 0.25) is 0 Å². The topological polar surface area (TPSA) is 76.7 Å². The van der Waals surface area contributed by atoms with Gasteiger partial charge in [-0.15, -0.1) is 0 Å². The molecule has 0 spiro atoms. The van der Waals surface area contributed by atoms with Gasteiger partial charge >= 0.3 is 5.91 Å². The van der Waals surface area contributed by atoms with Crippen molar-refractivity contribution in [2.45, 2.75) is 30.6 Å². The maximum Gasteiger partial charge on any atom is 0.312 e. The molecule has 1 atom stereocenters. The summed E-state index contributed by atoms with van der Waals surface area (Å²) in [5.74, 6) is -0.403. The lowest BCUT2D eigenvalue weighted by Crippen LogP contribution is -1.99. The third kappa shape index (κ3) is 3.23. The van der Waals surface area contributed by atoms with Crippen molar-refractivity contribution in [1.82, 2.24) is 0 Å². The molecule has 3 rings (SSSR count). The van der Waals surface area contributed by atoms with Gasteiger partial charge in [-0.1, -0.05) is 17.7 Å². The first kappa shape index (κ1) is 16.0. The number of amides is 1. The summed E-state index contributed by atoms with van der Waals surface area (Å²) >= 11 is 5.97. The quantitative estimate of drug-likeness (QED) is 0.680. The maximum absolute atomic E-state index is 12.0. The molecule has 1 unspecified atom stereocenters. The highest BCUT2D eigenvalue weighted by atomic mass is 35.5. The molecular weight excluding hydrogens is 338 g/mol. The summed E-state index contributed by atoms with van der Waals surface area (Å²) in [6.45, 7) is 1.50. The first-order valence-electron chi connectivity index (χ1n) is 7.07. The highest BCUT2D eigenvalue weighted by Gasteiger charge is 2.22. The monoisotopic (exact) mass is 351 g/mol. The minimum Gasteiger partial charge on any atom is -0.455 e. The molecule has 0 fully saturated rings. The van der Waals surface area contributed by atoms with E-state index < -0.39 is 16.6 Å². The normalized spacial score (nSPS) is 17.1. The number of benzene rings is 1. The average molecular weight is 352 g/mol. The molecule has 0 N–H and O–H groups in total. The van der Waals surface area contributed by atoms with Gasteiger partial charge in [-0.25, -0.2) is 13.4 Å². The summed E-state index contributed by atoms with van der Waals surface area (Å²) in [5, 5.41) is 0.697. The van der Waals surface area contributed by atoms with Crippen molar-refractivity contribution in [2.24, 2.45) is 4.99 Å². The zero-order valence-electron chi connectivity index (χ0n) is 12.3. The van der Waals surface area contributed by atoms with Crippen LogP contribution in [0.15, 0.2) is 38.6 Å². The summed E-state index contributed by atoms with van der Waals surface area (Å²) in [5.41, 5.74) is 2.28. The highest BCUT2D eigenvalue weighted by Crippen LogP contribution is 2.33. The smallest absolute Gasteiger partial charge is 0.312 e. The van der Waals surface area contributed by atoms with E-state index in [-0.39, 0.29) is 22.3 Å². The lowest BCUT2D eigenvalue weighted by molar-refractivity contribution is 0.0975. The number of carbonyl (C=O) groups excluding carboxylic acids is 1. The van der Waals surface area contributed by atoms with Gasteiger partial charge in [0.05, 0.1) is 0 Å². The van der Waals surface area contributed by atoms with Crippen LogP contribution in [0.1, 0.15) is 39.8 Å². The molecule has 1 amide bonds. The Balaban J connectivity index is 1.79. The second-order valence-corrected chi connectivity index (χ2v) is 6.81. The molecule has 1 aromatic heterocycles. The van der Waals surface area contributed by atoms with Crippen LogP contribution in [0.25, 0.3) is 0 Å². The number of nitrogens with zero attached hydrogens (tertiary/aromatic N) is 1. The summed E-state index contributed by atoms with van der Waals surface area (Å²) < 4.78 is 27.2. The Kier molecular flexibility index (Phi) is 4.37. The Morgan fingerprint density at radius 1 is 1.39 bits per heavy atom. The Morgan fingerprint density at radius 3 is 2.87 bits per heavy atom. The minimum atomic E-state index is -2.79. The Bertz CT molecular complexity index is 874. The molecule has 23 heavy (non-hydrogen) atoms. The van der Waals surface area contributed by atoms with E-state index in [1.54, 1.807) is 6.21 Å². The molecule has 1 heterocycles. The molecule has 7 heteroatoms. The molecular formula is C16H14ClNO4S. The number of furan rings is 1. The van der Waals surface area contributed by atoms with Crippen LogP contribution < -0.4 is 0 Å². The van der Waals surface area contributed by atoms with Crippen LogP contribution in [-0.2, 0) is 17.1 Å². The minimum absolute atomic E-state index is 0.0133. The van der Waals surface area contributed by atoms with Crippen molar-refractivity contribution in [3.8, 4) is 0 Å². The van der Waals surface area contributed by atoms with E-state index in [2.05, 4.69) is 4.99 Å². The summed E-state index contributed by atoms with van der Waals surface area (Å²) in [4.78, 5) is 16.0. The molecule has 0 aliphatic heterocycles. The lowest BCUT2D eigenvalue weighted by atomic mass is 10.0. The van der Waals surface area contributed by atoms with Crippen LogP contribution in [0, 0.1) is 6.92 Å². The number of hydrogen-bond acceptors (Lipinski definition) is 4. The number of hydrogen-bond donors (Lipinski definition) is 1. The summed E-state index contributed by atoms with van der Waals surface area (Å²) in [6.07, 6.45) is 3.35. The van der Waals surface area contributed by atoms with Gasteiger partial charge < -0.3 is 4.42 Å². The van der Waals surface area contributed by atoms with Gasteiger partial charge in [0.25, 0.3) is 0 Å². The average Bonchev–Trinajstić information content (AvgIpc) is 3.08. The standard InChI is InChI=1S/C16H14ClNO4S/c1-9-15(23(20)21)7-14(22-9)16(19)18-8-11-3-2-10-6-12(17)4-5-13(10)11/h4-8,11,23H,2-3H2,1H3/b18-8+. The van der Waals surface area contributed by atoms with Crippen LogP contribution in [0.2, 0.25) is 5.02 Å². The maximum atomic E-state index is 12.0. The molecule has 0 saturated carbocycles. The van der Waals surface area contributed by atoms with Crippen LogP contribution >= 0.6 is 11.6 Å². The second kappa shape index (κ2) is 6.29. The molecule has 1 aliphatic carbocycles. The number of aryl methyl sites for hydroxylation is 2. The summed E-state index contributed by atoms with van der Waals surface area (Å²) in [6, 6.07) is 6.91. The SMILES string of the molecule is Cc1oc(C(=O)/N=C/C2CCc3cc(Cl)ccc32)cc1[SH](=O)=O. The van der Waals surface area contributed by atoms with Crippen molar-refractivity contribution >= 4 is 34.4 Å². The van der Waals surface area contributed by atoms with Crippen molar-refractivity contribution in [3.05, 3.63) is 51.9 Å². The van der Waals surface area contributed by atoms with Gasteiger partial charge in [0, 0.05) is 23.2 Å². The Hall–Kier alpha value is -1.92.